The molecule has 2 heteroatoms. The maximum Gasteiger partial charge on any atom is 0.119 e. The molecule has 1 fully saturated rings. The van der Waals surface area contributed by atoms with Crippen molar-refractivity contribution in [1.82, 2.24) is 0 Å². The first-order valence-electron chi connectivity index (χ1n) is 12.7. The molecule has 0 aromatic heterocycles. The van der Waals surface area contributed by atoms with Gasteiger partial charge in [0.2, 0.25) is 0 Å². The van der Waals surface area contributed by atoms with Crippen molar-refractivity contribution >= 4 is 15.9 Å². The first kappa shape index (κ1) is 24.4. The Morgan fingerprint density at radius 2 is 1.39 bits per heavy atom. The van der Waals surface area contributed by atoms with Crippen LogP contribution < -0.4 is 4.74 Å². The van der Waals surface area contributed by atoms with Gasteiger partial charge in [-0.3, -0.25) is 0 Å². The van der Waals surface area contributed by atoms with E-state index < -0.39 is 0 Å². The molecular formula is C29H41BrO. The van der Waals surface area contributed by atoms with Crippen LogP contribution in [0, 0.1) is 5.92 Å². The van der Waals surface area contributed by atoms with Gasteiger partial charge in [-0.15, -0.1) is 0 Å². The molecule has 31 heavy (non-hydrogen) atoms. The maximum atomic E-state index is 5.90. The van der Waals surface area contributed by atoms with Gasteiger partial charge in [-0.25, -0.2) is 0 Å². The fourth-order valence-electron chi connectivity index (χ4n) is 4.90. The van der Waals surface area contributed by atoms with Crippen molar-refractivity contribution in [2.75, 3.05) is 11.9 Å². The summed E-state index contributed by atoms with van der Waals surface area (Å²) in [6.07, 6.45) is 16.2. The van der Waals surface area contributed by atoms with Crippen molar-refractivity contribution in [3.63, 3.8) is 0 Å². The molecule has 1 aliphatic carbocycles. The van der Waals surface area contributed by atoms with Gasteiger partial charge in [0.1, 0.15) is 5.75 Å². The van der Waals surface area contributed by atoms with Crippen LogP contribution in [0.25, 0.3) is 11.1 Å². The summed E-state index contributed by atoms with van der Waals surface area (Å²) in [6.45, 7) is 3.12. The Bertz CT molecular complexity index is 713. The summed E-state index contributed by atoms with van der Waals surface area (Å²) in [6, 6.07) is 18.0. The van der Waals surface area contributed by atoms with Gasteiger partial charge >= 0.3 is 0 Å². The molecule has 1 aliphatic rings. The van der Waals surface area contributed by atoms with Crippen molar-refractivity contribution in [3.05, 3.63) is 54.1 Å². The summed E-state index contributed by atoms with van der Waals surface area (Å²) in [7, 11) is 0. The van der Waals surface area contributed by atoms with Gasteiger partial charge in [0, 0.05) is 5.33 Å². The number of ether oxygens (including phenoxy) is 1. The first-order chi connectivity index (χ1) is 15.3. The number of alkyl halides is 1. The molecule has 2 aromatic carbocycles. The summed E-state index contributed by atoms with van der Waals surface area (Å²) in [5, 5.41) is 1.11. The largest absolute Gasteiger partial charge is 0.494 e. The van der Waals surface area contributed by atoms with Crippen LogP contribution in [-0.2, 0) is 0 Å². The minimum absolute atomic E-state index is 0.766. The highest BCUT2D eigenvalue weighted by Gasteiger charge is 2.22. The van der Waals surface area contributed by atoms with Gasteiger partial charge in [0.05, 0.1) is 6.61 Å². The number of benzene rings is 2. The minimum atomic E-state index is 0.766. The predicted octanol–water partition coefficient (Wildman–Crippen LogP) is 9.54. The quantitative estimate of drug-likeness (QED) is 0.203. The van der Waals surface area contributed by atoms with E-state index in [9.17, 15) is 0 Å². The third kappa shape index (κ3) is 8.29. The van der Waals surface area contributed by atoms with Crippen LogP contribution in [0.15, 0.2) is 48.5 Å². The molecule has 0 unspecified atom stereocenters. The number of unbranched alkanes of at least 4 members (excludes halogenated alkanes) is 5. The Hall–Kier alpha value is -1.28. The number of rotatable bonds is 13. The van der Waals surface area contributed by atoms with Crippen molar-refractivity contribution < 1.29 is 4.74 Å². The number of halogens is 1. The van der Waals surface area contributed by atoms with E-state index in [2.05, 4.69) is 71.4 Å². The Labute approximate surface area is 199 Å². The molecule has 0 aliphatic heterocycles. The summed E-state index contributed by atoms with van der Waals surface area (Å²) in [4.78, 5) is 0. The van der Waals surface area contributed by atoms with Gasteiger partial charge in [0.15, 0.2) is 0 Å². The van der Waals surface area contributed by atoms with Crippen LogP contribution in [0.4, 0.5) is 0 Å². The summed E-state index contributed by atoms with van der Waals surface area (Å²) in [5.41, 5.74) is 4.12. The SMILES string of the molecule is CCCCCC1CCC(c2ccc(-c3ccc(OCCCCCCBr)cc3)cc2)CC1. The average Bonchev–Trinajstić information content (AvgIpc) is 2.82. The Morgan fingerprint density at radius 3 is 2.03 bits per heavy atom. The third-order valence-electron chi connectivity index (χ3n) is 6.93. The zero-order valence-corrected chi connectivity index (χ0v) is 21.0. The third-order valence-corrected chi connectivity index (χ3v) is 7.49. The van der Waals surface area contributed by atoms with Gasteiger partial charge in [0.25, 0.3) is 0 Å². The molecule has 1 saturated carbocycles. The zero-order valence-electron chi connectivity index (χ0n) is 19.5. The Balaban J connectivity index is 1.43. The molecule has 0 N–H and O–H groups in total. The summed E-state index contributed by atoms with van der Waals surface area (Å²) >= 11 is 3.49. The first-order valence-corrected chi connectivity index (χ1v) is 13.8. The maximum absolute atomic E-state index is 5.90. The van der Waals surface area contributed by atoms with Crippen LogP contribution in [0.2, 0.25) is 0 Å². The van der Waals surface area contributed by atoms with Gasteiger partial charge in [-0.2, -0.15) is 0 Å². The smallest absolute Gasteiger partial charge is 0.119 e. The number of hydrogen-bond acceptors (Lipinski definition) is 1. The monoisotopic (exact) mass is 484 g/mol. The molecular weight excluding hydrogens is 444 g/mol. The summed E-state index contributed by atoms with van der Waals surface area (Å²) in [5.74, 6) is 2.73. The van der Waals surface area contributed by atoms with Crippen molar-refractivity contribution in [2.24, 2.45) is 5.92 Å². The molecule has 0 saturated heterocycles. The molecule has 3 rings (SSSR count). The fraction of sp³-hybridized carbons (Fsp3) is 0.586. The second-order valence-electron chi connectivity index (χ2n) is 9.31. The molecule has 0 bridgehead atoms. The molecule has 0 radical (unpaired) electrons. The van der Waals surface area contributed by atoms with Gasteiger partial charge < -0.3 is 4.74 Å². The van der Waals surface area contributed by atoms with E-state index in [-0.39, 0.29) is 0 Å². The lowest BCUT2D eigenvalue weighted by molar-refractivity contribution is 0.303. The molecule has 0 atom stereocenters. The Kier molecular flexibility index (Phi) is 11.0. The lowest BCUT2D eigenvalue weighted by atomic mass is 9.77. The molecule has 0 spiro atoms. The zero-order chi connectivity index (χ0) is 21.7. The Morgan fingerprint density at radius 1 is 0.742 bits per heavy atom. The van der Waals surface area contributed by atoms with Crippen molar-refractivity contribution in [2.45, 2.75) is 89.9 Å². The molecule has 1 nitrogen and oxygen atoms in total. The minimum Gasteiger partial charge on any atom is -0.494 e. The molecule has 0 amide bonds. The van der Waals surface area contributed by atoms with Crippen molar-refractivity contribution in [3.8, 4) is 16.9 Å². The van der Waals surface area contributed by atoms with Crippen LogP contribution in [-0.4, -0.2) is 11.9 Å². The van der Waals surface area contributed by atoms with E-state index >= 15 is 0 Å². The summed E-state index contributed by atoms with van der Waals surface area (Å²) < 4.78 is 5.90. The van der Waals surface area contributed by atoms with E-state index in [1.807, 2.05) is 0 Å². The van der Waals surface area contributed by atoms with Crippen molar-refractivity contribution in [1.29, 1.82) is 0 Å². The topological polar surface area (TPSA) is 9.23 Å². The fourth-order valence-corrected chi connectivity index (χ4v) is 5.30. The highest BCUT2D eigenvalue weighted by Crippen LogP contribution is 2.38. The second-order valence-corrected chi connectivity index (χ2v) is 10.1. The lowest BCUT2D eigenvalue weighted by Gasteiger charge is -2.29. The molecule has 0 heterocycles. The normalized spacial score (nSPS) is 18.8. The second kappa shape index (κ2) is 14.0. The van der Waals surface area contributed by atoms with Crippen LogP contribution in [0.3, 0.4) is 0 Å². The number of hydrogen-bond donors (Lipinski definition) is 0. The molecule has 2 aromatic rings. The van der Waals surface area contributed by atoms with Crippen LogP contribution in [0.5, 0.6) is 5.75 Å². The van der Waals surface area contributed by atoms with Crippen LogP contribution in [0.1, 0.15) is 95.5 Å². The van der Waals surface area contributed by atoms with E-state index in [0.29, 0.717) is 0 Å². The van der Waals surface area contributed by atoms with E-state index in [0.717, 1.165) is 35.9 Å². The highest BCUT2D eigenvalue weighted by atomic mass is 79.9. The van der Waals surface area contributed by atoms with Crippen LogP contribution >= 0.6 is 15.9 Å². The van der Waals surface area contributed by atoms with Gasteiger partial charge in [-0.05, 0) is 79.2 Å². The van der Waals surface area contributed by atoms with E-state index in [1.165, 1.54) is 87.3 Å². The standard InChI is InChI=1S/C29H41BrO/c1-2-3-6-9-24-10-12-25(13-11-24)26-14-16-27(17-15-26)28-18-20-29(21-19-28)31-23-8-5-4-7-22-30/h14-21,24-25H,2-13,22-23H2,1H3. The predicted molar refractivity (Wildman–Crippen MR) is 138 cm³/mol. The highest BCUT2D eigenvalue weighted by molar-refractivity contribution is 9.09. The van der Waals surface area contributed by atoms with E-state index in [1.54, 1.807) is 0 Å². The lowest BCUT2D eigenvalue weighted by Crippen LogP contribution is -2.13. The van der Waals surface area contributed by atoms with E-state index in [4.69, 9.17) is 4.74 Å². The average molecular weight is 486 g/mol. The molecule has 170 valence electrons. The van der Waals surface area contributed by atoms with Gasteiger partial charge in [-0.1, -0.05) is 97.8 Å².